The normalized spacial score (nSPS) is 10.8. The van der Waals surface area contributed by atoms with Crippen LogP contribution in [-0.4, -0.2) is 26.2 Å². The molecule has 134 valence electrons. The second kappa shape index (κ2) is 8.59. The summed E-state index contributed by atoms with van der Waals surface area (Å²) < 4.78 is 2.08. The number of non-ortho nitro benzene ring substituents is 1. The molecular formula is C18H19N5O2S. The van der Waals surface area contributed by atoms with Crippen LogP contribution < -0.4 is 5.73 Å². The van der Waals surface area contributed by atoms with Crippen molar-refractivity contribution in [3.8, 4) is 0 Å². The van der Waals surface area contributed by atoms with Gasteiger partial charge in [-0.15, -0.1) is 10.2 Å². The highest BCUT2D eigenvalue weighted by Gasteiger charge is 2.13. The minimum absolute atomic E-state index is 0.0937. The third-order valence-electron chi connectivity index (χ3n) is 3.86. The third-order valence-corrected chi connectivity index (χ3v) is 4.90. The van der Waals surface area contributed by atoms with Crippen LogP contribution in [0.15, 0.2) is 59.8 Å². The first-order chi connectivity index (χ1) is 12.7. The topological polar surface area (TPSA) is 99.9 Å². The Labute approximate surface area is 155 Å². The molecule has 0 aliphatic carbocycles. The van der Waals surface area contributed by atoms with Gasteiger partial charge >= 0.3 is 0 Å². The average Bonchev–Trinajstić information content (AvgIpc) is 3.03. The van der Waals surface area contributed by atoms with E-state index in [-0.39, 0.29) is 5.69 Å². The summed E-state index contributed by atoms with van der Waals surface area (Å²) in [5.41, 5.74) is 7.95. The number of thioether (sulfide) groups is 1. The maximum absolute atomic E-state index is 10.7. The lowest BCUT2D eigenvalue weighted by atomic mass is 10.2. The predicted octanol–water partition coefficient (Wildman–Crippen LogP) is 3.03. The Bertz CT molecular complexity index is 865. The van der Waals surface area contributed by atoms with Gasteiger partial charge in [0.05, 0.1) is 11.5 Å². The van der Waals surface area contributed by atoms with Crippen LogP contribution in [0.2, 0.25) is 0 Å². The number of hydrogen-bond acceptors (Lipinski definition) is 6. The molecule has 3 rings (SSSR count). The molecule has 2 N–H and O–H groups in total. The first-order valence-corrected chi connectivity index (χ1v) is 9.18. The Balaban J connectivity index is 1.75. The van der Waals surface area contributed by atoms with Gasteiger partial charge in [0.1, 0.15) is 5.82 Å². The van der Waals surface area contributed by atoms with Gasteiger partial charge in [0.25, 0.3) is 5.69 Å². The summed E-state index contributed by atoms with van der Waals surface area (Å²) in [5.74, 6) is 1.52. The summed E-state index contributed by atoms with van der Waals surface area (Å²) in [6.45, 7) is 1.20. The molecule has 0 spiro atoms. The molecule has 0 amide bonds. The zero-order valence-electron chi connectivity index (χ0n) is 14.1. The van der Waals surface area contributed by atoms with Gasteiger partial charge in [0, 0.05) is 24.3 Å². The van der Waals surface area contributed by atoms with Gasteiger partial charge in [-0.25, -0.2) is 0 Å². The fourth-order valence-electron chi connectivity index (χ4n) is 2.53. The van der Waals surface area contributed by atoms with Crippen molar-refractivity contribution in [1.29, 1.82) is 0 Å². The van der Waals surface area contributed by atoms with Crippen LogP contribution in [0.25, 0.3) is 0 Å². The summed E-state index contributed by atoms with van der Waals surface area (Å²) in [4.78, 5) is 10.3. The number of nitrogens with zero attached hydrogens (tertiary/aromatic N) is 4. The molecule has 0 saturated carbocycles. The van der Waals surface area contributed by atoms with Crippen LogP contribution in [-0.2, 0) is 18.7 Å². The number of aromatic nitrogens is 3. The molecule has 0 unspecified atom stereocenters. The van der Waals surface area contributed by atoms with E-state index in [0.29, 0.717) is 25.3 Å². The molecule has 0 aliphatic heterocycles. The van der Waals surface area contributed by atoms with E-state index in [1.54, 1.807) is 23.9 Å². The predicted molar refractivity (Wildman–Crippen MR) is 101 cm³/mol. The molecule has 3 aromatic rings. The van der Waals surface area contributed by atoms with Gasteiger partial charge in [0.2, 0.25) is 0 Å². The van der Waals surface area contributed by atoms with E-state index < -0.39 is 4.92 Å². The Kier molecular flexibility index (Phi) is 5.98. The molecule has 0 bridgehead atoms. The maximum Gasteiger partial charge on any atom is 0.269 e. The van der Waals surface area contributed by atoms with E-state index in [1.165, 1.54) is 17.7 Å². The van der Waals surface area contributed by atoms with Gasteiger partial charge in [-0.2, -0.15) is 0 Å². The quantitative estimate of drug-likeness (QED) is 0.372. The Hall–Kier alpha value is -2.71. The van der Waals surface area contributed by atoms with Gasteiger partial charge in [0.15, 0.2) is 5.16 Å². The van der Waals surface area contributed by atoms with Crippen molar-refractivity contribution in [1.82, 2.24) is 14.8 Å². The molecule has 0 atom stereocenters. The fourth-order valence-corrected chi connectivity index (χ4v) is 3.44. The van der Waals surface area contributed by atoms with Gasteiger partial charge < -0.3 is 10.3 Å². The second-order valence-corrected chi connectivity index (χ2v) is 6.66. The minimum Gasteiger partial charge on any atom is -0.330 e. The SMILES string of the molecule is NCCc1nnc(SCc2ccc([N+](=O)[O-])cc2)n1Cc1ccccc1. The summed E-state index contributed by atoms with van der Waals surface area (Å²) >= 11 is 1.56. The average molecular weight is 369 g/mol. The Morgan fingerprint density at radius 2 is 1.77 bits per heavy atom. The molecule has 0 aliphatic rings. The van der Waals surface area contributed by atoms with Gasteiger partial charge in [-0.1, -0.05) is 54.2 Å². The summed E-state index contributed by atoms with van der Waals surface area (Å²) in [6, 6.07) is 16.7. The van der Waals surface area contributed by atoms with E-state index in [1.807, 2.05) is 18.2 Å². The summed E-state index contributed by atoms with van der Waals surface area (Å²) in [5, 5.41) is 20.1. The lowest BCUT2D eigenvalue weighted by Gasteiger charge is -2.10. The molecule has 8 heteroatoms. The van der Waals surface area contributed by atoms with Crippen LogP contribution in [0.5, 0.6) is 0 Å². The highest BCUT2D eigenvalue weighted by molar-refractivity contribution is 7.98. The smallest absolute Gasteiger partial charge is 0.269 e. The number of nitrogens with two attached hydrogens (primary N) is 1. The Morgan fingerprint density at radius 1 is 1.04 bits per heavy atom. The molecule has 0 saturated heterocycles. The van der Waals surface area contributed by atoms with Crippen molar-refractivity contribution in [2.75, 3.05) is 6.54 Å². The highest BCUT2D eigenvalue weighted by Crippen LogP contribution is 2.24. The molecule has 7 nitrogen and oxygen atoms in total. The zero-order chi connectivity index (χ0) is 18.4. The largest absolute Gasteiger partial charge is 0.330 e. The first-order valence-electron chi connectivity index (χ1n) is 8.19. The number of hydrogen-bond donors (Lipinski definition) is 1. The third kappa shape index (κ3) is 4.47. The zero-order valence-corrected chi connectivity index (χ0v) is 14.9. The number of rotatable bonds is 8. The van der Waals surface area contributed by atoms with Crippen molar-refractivity contribution in [3.63, 3.8) is 0 Å². The van der Waals surface area contributed by atoms with Crippen LogP contribution in [0.1, 0.15) is 17.0 Å². The fraction of sp³-hybridized carbons (Fsp3) is 0.222. The van der Waals surface area contributed by atoms with Crippen molar-refractivity contribution in [3.05, 3.63) is 81.7 Å². The maximum atomic E-state index is 10.7. The first kappa shape index (κ1) is 18.1. The molecule has 26 heavy (non-hydrogen) atoms. The Morgan fingerprint density at radius 3 is 2.42 bits per heavy atom. The molecule has 2 aromatic carbocycles. The minimum atomic E-state index is -0.396. The van der Waals surface area contributed by atoms with E-state index in [9.17, 15) is 10.1 Å². The molecule has 0 fully saturated rings. The van der Waals surface area contributed by atoms with Crippen molar-refractivity contribution >= 4 is 17.4 Å². The molecular weight excluding hydrogens is 350 g/mol. The van der Waals surface area contributed by atoms with E-state index >= 15 is 0 Å². The summed E-state index contributed by atoms with van der Waals surface area (Å²) in [6.07, 6.45) is 0.665. The van der Waals surface area contributed by atoms with E-state index in [0.717, 1.165) is 16.5 Å². The summed E-state index contributed by atoms with van der Waals surface area (Å²) in [7, 11) is 0. The monoisotopic (exact) mass is 369 g/mol. The van der Waals surface area contributed by atoms with Crippen LogP contribution in [0.4, 0.5) is 5.69 Å². The van der Waals surface area contributed by atoms with E-state index in [2.05, 4.69) is 26.9 Å². The number of nitro benzene ring substituents is 1. The lowest BCUT2D eigenvalue weighted by Crippen LogP contribution is -2.11. The second-order valence-electron chi connectivity index (χ2n) is 5.72. The van der Waals surface area contributed by atoms with Gasteiger partial charge in [-0.05, 0) is 17.7 Å². The van der Waals surface area contributed by atoms with Gasteiger partial charge in [-0.3, -0.25) is 10.1 Å². The van der Waals surface area contributed by atoms with Crippen LogP contribution in [0.3, 0.4) is 0 Å². The number of benzene rings is 2. The molecule has 0 radical (unpaired) electrons. The van der Waals surface area contributed by atoms with Crippen LogP contribution >= 0.6 is 11.8 Å². The van der Waals surface area contributed by atoms with E-state index in [4.69, 9.17) is 5.73 Å². The standard InChI is InChI=1S/C18H19N5O2S/c19-11-10-17-20-21-18(22(17)12-14-4-2-1-3-5-14)26-13-15-6-8-16(9-7-15)23(24)25/h1-9H,10-13,19H2. The lowest BCUT2D eigenvalue weighted by molar-refractivity contribution is -0.384. The number of nitro groups is 1. The van der Waals surface area contributed by atoms with Crippen LogP contribution in [0, 0.1) is 10.1 Å². The van der Waals surface area contributed by atoms with Crippen molar-refractivity contribution < 1.29 is 4.92 Å². The van der Waals surface area contributed by atoms with Crippen molar-refractivity contribution in [2.24, 2.45) is 5.73 Å². The molecule has 1 heterocycles. The molecule has 1 aromatic heterocycles. The van der Waals surface area contributed by atoms with Crippen molar-refractivity contribution in [2.45, 2.75) is 23.9 Å². The highest BCUT2D eigenvalue weighted by atomic mass is 32.2.